The number of carbonyl (C=O) groups is 1. The molecule has 0 saturated carbocycles. The molecular weight excluding hydrogens is 282 g/mol. The van der Waals surface area contributed by atoms with Crippen molar-refractivity contribution in [3.63, 3.8) is 0 Å². The van der Waals surface area contributed by atoms with Crippen LogP contribution in [0.5, 0.6) is 0 Å². The molecule has 3 aliphatic rings. The summed E-state index contributed by atoms with van der Waals surface area (Å²) < 4.78 is 0. The maximum absolute atomic E-state index is 12.2. The molecule has 23 heavy (non-hydrogen) atoms. The number of carbonyl (C=O) groups excluding carboxylic acids is 1. The van der Waals surface area contributed by atoms with Crippen LogP contribution in [0.4, 0.5) is 0 Å². The number of hydrogen-bond acceptors (Lipinski definition) is 2. The van der Waals surface area contributed by atoms with Crippen LogP contribution in [-0.2, 0) is 0 Å². The van der Waals surface area contributed by atoms with Gasteiger partial charge in [-0.15, -0.1) is 0 Å². The predicted molar refractivity (Wildman–Crippen MR) is 92.6 cm³/mol. The molecule has 2 nitrogen and oxygen atoms in total. The minimum absolute atomic E-state index is 0.217. The van der Waals surface area contributed by atoms with Crippen molar-refractivity contribution in [1.29, 1.82) is 0 Å². The highest BCUT2D eigenvalue weighted by molar-refractivity contribution is 6.06. The summed E-state index contributed by atoms with van der Waals surface area (Å²) in [4.78, 5) is 17.0. The van der Waals surface area contributed by atoms with Gasteiger partial charge in [0.2, 0.25) is 0 Å². The van der Waals surface area contributed by atoms with Gasteiger partial charge < -0.3 is 0 Å². The second-order valence-electron chi connectivity index (χ2n) is 6.74. The van der Waals surface area contributed by atoms with Gasteiger partial charge in [0.15, 0.2) is 5.78 Å². The van der Waals surface area contributed by atoms with Gasteiger partial charge in [0, 0.05) is 17.2 Å². The molecule has 0 radical (unpaired) electrons. The predicted octanol–water partition coefficient (Wildman–Crippen LogP) is 3.54. The molecule has 1 aliphatic heterocycles. The van der Waals surface area contributed by atoms with Gasteiger partial charge in [-0.25, -0.2) is 4.99 Å². The van der Waals surface area contributed by atoms with Crippen molar-refractivity contribution in [1.82, 2.24) is 0 Å². The van der Waals surface area contributed by atoms with Crippen molar-refractivity contribution in [2.75, 3.05) is 0 Å². The van der Waals surface area contributed by atoms with Crippen LogP contribution in [0.1, 0.15) is 42.1 Å². The number of ketones is 1. The van der Waals surface area contributed by atoms with Crippen LogP contribution < -0.4 is 10.6 Å². The van der Waals surface area contributed by atoms with E-state index in [2.05, 4.69) is 43.3 Å². The number of nitrogens with zero attached hydrogens (tertiary/aromatic N) is 1. The molecule has 0 N–H and O–H groups in total. The van der Waals surface area contributed by atoms with E-state index in [1.54, 1.807) is 0 Å². The topological polar surface area (TPSA) is 29.4 Å². The van der Waals surface area contributed by atoms with Crippen molar-refractivity contribution in [2.24, 2.45) is 10.9 Å². The summed E-state index contributed by atoms with van der Waals surface area (Å²) in [5.74, 6) is 0.757. The highest BCUT2D eigenvalue weighted by atomic mass is 16.1. The van der Waals surface area contributed by atoms with Crippen LogP contribution in [0.15, 0.2) is 47.1 Å². The Labute approximate surface area is 134 Å². The van der Waals surface area contributed by atoms with E-state index in [1.807, 2.05) is 6.08 Å². The quantitative estimate of drug-likeness (QED) is 0.731. The first kappa shape index (κ1) is 13.0. The SMILES string of the molecule is CC1CCC=C2N=c3ccc4cc5c(cc4c3=C21)C=CCC5=O. The van der Waals surface area contributed by atoms with Gasteiger partial charge in [-0.3, -0.25) is 4.79 Å². The Morgan fingerprint density at radius 1 is 1.22 bits per heavy atom. The summed E-state index contributed by atoms with van der Waals surface area (Å²) in [6.07, 6.45) is 9.12. The van der Waals surface area contributed by atoms with E-state index in [-0.39, 0.29) is 5.78 Å². The lowest BCUT2D eigenvalue weighted by molar-refractivity contribution is 0.0994. The van der Waals surface area contributed by atoms with Crippen LogP contribution in [0, 0.1) is 5.92 Å². The lowest BCUT2D eigenvalue weighted by Gasteiger charge is -2.18. The molecule has 0 aromatic heterocycles. The smallest absolute Gasteiger partial charge is 0.167 e. The van der Waals surface area contributed by atoms with Crippen LogP contribution in [0.3, 0.4) is 0 Å². The first-order valence-corrected chi connectivity index (χ1v) is 8.32. The highest BCUT2D eigenvalue weighted by Crippen LogP contribution is 2.33. The Morgan fingerprint density at radius 2 is 2.13 bits per heavy atom. The minimum Gasteiger partial charge on any atom is -0.294 e. The summed E-state index contributed by atoms with van der Waals surface area (Å²) in [5, 5.41) is 4.75. The van der Waals surface area contributed by atoms with Crippen LogP contribution in [0.25, 0.3) is 22.4 Å². The zero-order valence-corrected chi connectivity index (χ0v) is 13.1. The average molecular weight is 299 g/mol. The number of rotatable bonds is 0. The summed E-state index contributed by atoms with van der Waals surface area (Å²) in [6, 6.07) is 8.45. The summed E-state index contributed by atoms with van der Waals surface area (Å²) in [5.41, 5.74) is 4.45. The Kier molecular flexibility index (Phi) is 2.55. The van der Waals surface area contributed by atoms with Gasteiger partial charge in [0.25, 0.3) is 0 Å². The van der Waals surface area contributed by atoms with E-state index in [0.717, 1.165) is 34.0 Å². The number of hydrogen-bond donors (Lipinski definition) is 0. The highest BCUT2D eigenvalue weighted by Gasteiger charge is 2.24. The standard InChI is InChI=1S/C21H17NO/c1-12-4-2-6-17-20(12)21-16-11-13-5-3-7-19(23)15(13)10-14(16)8-9-18(21)22-17/h3,5-6,8-12H,2,4,7H2,1H3. The number of Topliss-reactive ketones (excluding diaryl/α,β-unsaturated/α-hetero) is 1. The van der Waals surface area contributed by atoms with Crippen LogP contribution in [0.2, 0.25) is 0 Å². The zero-order chi connectivity index (χ0) is 15.6. The van der Waals surface area contributed by atoms with Gasteiger partial charge in [0.1, 0.15) is 0 Å². The monoisotopic (exact) mass is 299 g/mol. The first-order chi connectivity index (χ1) is 11.2. The first-order valence-electron chi connectivity index (χ1n) is 8.32. The fourth-order valence-electron chi connectivity index (χ4n) is 4.12. The maximum atomic E-state index is 12.2. The number of benzene rings is 2. The van der Waals surface area contributed by atoms with Gasteiger partial charge in [0.05, 0.1) is 11.1 Å². The van der Waals surface area contributed by atoms with Crippen LogP contribution >= 0.6 is 0 Å². The Hall–Kier alpha value is -2.48. The molecule has 0 amide bonds. The maximum Gasteiger partial charge on any atom is 0.167 e. The molecule has 2 heteroatoms. The van der Waals surface area contributed by atoms with Gasteiger partial charge in [-0.1, -0.05) is 31.2 Å². The molecule has 5 rings (SSSR count). The van der Waals surface area contributed by atoms with E-state index >= 15 is 0 Å². The lowest BCUT2D eigenvalue weighted by atomic mass is 9.86. The second kappa shape index (κ2) is 4.51. The van der Waals surface area contributed by atoms with Crippen LogP contribution in [-0.4, -0.2) is 5.78 Å². The summed E-state index contributed by atoms with van der Waals surface area (Å²) in [6.45, 7) is 2.30. The van der Waals surface area contributed by atoms with E-state index in [4.69, 9.17) is 4.99 Å². The molecule has 0 fully saturated rings. The fourth-order valence-corrected chi connectivity index (χ4v) is 4.12. The van der Waals surface area contributed by atoms with Gasteiger partial charge in [-0.2, -0.15) is 0 Å². The molecule has 2 aromatic carbocycles. The third-order valence-corrected chi connectivity index (χ3v) is 5.29. The second-order valence-corrected chi connectivity index (χ2v) is 6.74. The van der Waals surface area contributed by atoms with Crippen molar-refractivity contribution < 1.29 is 4.79 Å². The molecule has 1 unspecified atom stereocenters. The lowest BCUT2D eigenvalue weighted by Crippen LogP contribution is -2.26. The van der Waals surface area contributed by atoms with Crippen molar-refractivity contribution in [2.45, 2.75) is 26.2 Å². The molecule has 2 aromatic rings. The number of allylic oxidation sites excluding steroid dienone is 3. The Balaban J connectivity index is 1.96. The Morgan fingerprint density at radius 3 is 3.04 bits per heavy atom. The molecule has 1 atom stereocenters. The minimum atomic E-state index is 0.217. The molecular formula is C21H17NO. The van der Waals surface area contributed by atoms with Crippen molar-refractivity contribution >= 4 is 28.2 Å². The molecule has 1 heterocycles. The third-order valence-electron chi connectivity index (χ3n) is 5.29. The molecule has 2 aliphatic carbocycles. The molecule has 0 bridgehead atoms. The van der Waals surface area contributed by atoms with Gasteiger partial charge in [-0.05, 0) is 58.9 Å². The summed E-state index contributed by atoms with van der Waals surface area (Å²) in [7, 11) is 0. The van der Waals surface area contributed by atoms with E-state index in [1.165, 1.54) is 22.6 Å². The van der Waals surface area contributed by atoms with Crippen molar-refractivity contribution in [3.8, 4) is 0 Å². The van der Waals surface area contributed by atoms with Crippen molar-refractivity contribution in [3.05, 3.63) is 63.8 Å². The third kappa shape index (κ3) is 1.75. The normalized spacial score (nSPS) is 21.6. The van der Waals surface area contributed by atoms with Gasteiger partial charge >= 0.3 is 0 Å². The average Bonchev–Trinajstić information content (AvgIpc) is 2.94. The number of fused-ring (bicyclic) bond motifs is 5. The van der Waals surface area contributed by atoms with E-state index in [0.29, 0.717) is 12.3 Å². The van der Waals surface area contributed by atoms with E-state index < -0.39 is 0 Å². The molecule has 0 spiro atoms. The molecule has 112 valence electrons. The fraction of sp³-hybridized carbons (Fsp3) is 0.238. The largest absolute Gasteiger partial charge is 0.294 e. The zero-order valence-electron chi connectivity index (χ0n) is 13.1. The Bertz CT molecular complexity index is 1070. The summed E-state index contributed by atoms with van der Waals surface area (Å²) >= 11 is 0. The van der Waals surface area contributed by atoms with E-state index in [9.17, 15) is 4.79 Å². The molecule has 0 saturated heterocycles.